The van der Waals surface area contributed by atoms with Crippen molar-refractivity contribution < 1.29 is 13.9 Å². The first-order valence-electron chi connectivity index (χ1n) is 8.85. The van der Waals surface area contributed by atoms with Crippen LogP contribution in [0.5, 0.6) is 0 Å². The number of aliphatic imine (C=N–C) groups is 1. The Kier molecular flexibility index (Phi) is 9.58. The lowest BCUT2D eigenvalue weighted by atomic mass is 10.1. The molecule has 0 amide bonds. The average molecular weight is 351 g/mol. The smallest absolute Gasteiger partial charge is 0.305 e. The Morgan fingerprint density at radius 2 is 2.08 bits per heavy atom. The molecule has 0 bridgehead atoms. The highest BCUT2D eigenvalue weighted by molar-refractivity contribution is 5.80. The zero-order valence-electron chi connectivity index (χ0n) is 15.7. The van der Waals surface area contributed by atoms with Crippen molar-refractivity contribution in [2.75, 3.05) is 20.2 Å². The van der Waals surface area contributed by atoms with Crippen LogP contribution in [0.3, 0.4) is 0 Å². The predicted molar refractivity (Wildman–Crippen MR) is 99.2 cm³/mol. The third kappa shape index (κ3) is 8.01. The van der Waals surface area contributed by atoms with Gasteiger partial charge >= 0.3 is 5.97 Å². The summed E-state index contributed by atoms with van der Waals surface area (Å²) < 4.78 is 18.3. The van der Waals surface area contributed by atoms with Crippen LogP contribution in [0.4, 0.5) is 4.39 Å². The first kappa shape index (κ1) is 20.9. The lowest BCUT2D eigenvalue weighted by Gasteiger charge is -2.18. The summed E-state index contributed by atoms with van der Waals surface area (Å²) in [5.41, 5.74) is 1.52. The fourth-order valence-corrected chi connectivity index (χ4v) is 2.34. The van der Waals surface area contributed by atoms with Gasteiger partial charge < -0.3 is 15.4 Å². The van der Waals surface area contributed by atoms with Crippen molar-refractivity contribution in [3.8, 4) is 0 Å². The summed E-state index contributed by atoms with van der Waals surface area (Å²) in [5.74, 6) is 0.348. The van der Waals surface area contributed by atoms with Gasteiger partial charge in [-0.3, -0.25) is 9.79 Å². The Morgan fingerprint density at radius 1 is 1.32 bits per heavy atom. The third-order valence-electron chi connectivity index (χ3n) is 3.93. The molecule has 140 valence electrons. The number of carbonyl (C=O) groups excluding carboxylic acids is 1. The van der Waals surface area contributed by atoms with Crippen LogP contribution >= 0.6 is 0 Å². The summed E-state index contributed by atoms with van der Waals surface area (Å²) in [4.78, 5) is 15.6. The first-order valence-corrected chi connectivity index (χ1v) is 8.85. The number of methoxy groups -OCH3 is 1. The van der Waals surface area contributed by atoms with Crippen molar-refractivity contribution >= 4 is 11.9 Å². The van der Waals surface area contributed by atoms with Crippen LogP contribution in [0.25, 0.3) is 0 Å². The number of halogens is 1. The van der Waals surface area contributed by atoms with Crippen LogP contribution in [0.2, 0.25) is 0 Å². The molecule has 0 saturated carbocycles. The summed E-state index contributed by atoms with van der Waals surface area (Å²) in [6, 6.07) is 5.22. The van der Waals surface area contributed by atoms with E-state index in [2.05, 4.69) is 20.4 Å². The van der Waals surface area contributed by atoms with E-state index in [-0.39, 0.29) is 17.8 Å². The van der Waals surface area contributed by atoms with Gasteiger partial charge in [0, 0.05) is 19.5 Å². The number of rotatable bonds is 9. The fraction of sp³-hybridized carbons (Fsp3) is 0.579. The Balaban J connectivity index is 2.49. The SMILES string of the molecule is CCNC(=NCCCCCC(=O)OC)NC(C)c1ccc(C)c(F)c1. The Hall–Kier alpha value is -2.11. The van der Waals surface area contributed by atoms with Crippen LogP contribution in [0.15, 0.2) is 23.2 Å². The molecule has 0 aliphatic carbocycles. The molecule has 6 heteroatoms. The number of unbranched alkanes of at least 4 members (excludes halogenated alkanes) is 2. The second-order valence-corrected chi connectivity index (χ2v) is 6.02. The molecule has 1 atom stereocenters. The molecule has 0 aliphatic rings. The minimum atomic E-state index is -0.196. The number of aryl methyl sites for hydroxylation is 1. The van der Waals surface area contributed by atoms with Crippen molar-refractivity contribution in [2.24, 2.45) is 4.99 Å². The van der Waals surface area contributed by atoms with Gasteiger partial charge in [-0.15, -0.1) is 0 Å². The van der Waals surface area contributed by atoms with Gasteiger partial charge in [0.1, 0.15) is 5.82 Å². The van der Waals surface area contributed by atoms with E-state index in [0.717, 1.165) is 31.4 Å². The van der Waals surface area contributed by atoms with Crippen molar-refractivity contribution in [1.29, 1.82) is 0 Å². The van der Waals surface area contributed by atoms with Crippen molar-refractivity contribution in [3.05, 3.63) is 35.1 Å². The number of benzene rings is 1. The highest BCUT2D eigenvalue weighted by Crippen LogP contribution is 2.16. The standard InChI is InChI=1S/C19H30FN3O2/c1-5-21-19(22-12-8-6-7-9-18(24)25-4)23-15(3)16-11-10-14(2)17(20)13-16/h10-11,13,15H,5-9,12H2,1-4H3,(H2,21,22,23). The maximum atomic E-state index is 13.7. The fourth-order valence-electron chi connectivity index (χ4n) is 2.34. The van der Waals surface area contributed by atoms with E-state index in [1.54, 1.807) is 19.1 Å². The summed E-state index contributed by atoms with van der Waals surface area (Å²) in [5, 5.41) is 6.50. The van der Waals surface area contributed by atoms with Gasteiger partial charge in [0.15, 0.2) is 5.96 Å². The van der Waals surface area contributed by atoms with E-state index >= 15 is 0 Å². The van der Waals surface area contributed by atoms with E-state index in [4.69, 9.17) is 0 Å². The number of carbonyl (C=O) groups is 1. The number of hydrogen-bond donors (Lipinski definition) is 2. The number of esters is 1. The lowest BCUT2D eigenvalue weighted by molar-refractivity contribution is -0.140. The molecule has 0 aromatic heterocycles. The Labute approximate surface area is 150 Å². The van der Waals surface area contributed by atoms with E-state index in [0.29, 0.717) is 24.5 Å². The predicted octanol–water partition coefficient (Wildman–Crippen LogP) is 3.48. The zero-order valence-corrected chi connectivity index (χ0v) is 15.7. The van der Waals surface area contributed by atoms with Crippen LogP contribution in [0.1, 0.15) is 56.7 Å². The van der Waals surface area contributed by atoms with E-state index < -0.39 is 0 Å². The summed E-state index contributed by atoms with van der Waals surface area (Å²) in [7, 11) is 1.40. The van der Waals surface area contributed by atoms with Gasteiger partial charge in [0.05, 0.1) is 13.2 Å². The summed E-state index contributed by atoms with van der Waals surface area (Å²) >= 11 is 0. The Morgan fingerprint density at radius 3 is 2.72 bits per heavy atom. The van der Waals surface area contributed by atoms with Gasteiger partial charge in [0.2, 0.25) is 0 Å². The van der Waals surface area contributed by atoms with Crippen molar-refractivity contribution in [2.45, 2.75) is 52.5 Å². The maximum Gasteiger partial charge on any atom is 0.305 e. The van der Waals surface area contributed by atoms with Gasteiger partial charge in [-0.2, -0.15) is 0 Å². The summed E-state index contributed by atoms with van der Waals surface area (Å²) in [6.07, 6.45) is 3.09. The second-order valence-electron chi connectivity index (χ2n) is 6.02. The maximum absolute atomic E-state index is 13.7. The van der Waals surface area contributed by atoms with E-state index in [9.17, 15) is 9.18 Å². The minimum absolute atomic E-state index is 0.0489. The molecule has 5 nitrogen and oxygen atoms in total. The number of guanidine groups is 1. The largest absolute Gasteiger partial charge is 0.469 e. The molecule has 2 N–H and O–H groups in total. The quantitative estimate of drug-likeness (QED) is 0.309. The average Bonchev–Trinajstić information content (AvgIpc) is 2.59. The first-order chi connectivity index (χ1) is 12.0. The topological polar surface area (TPSA) is 62.7 Å². The number of nitrogens with zero attached hydrogens (tertiary/aromatic N) is 1. The molecule has 1 aromatic rings. The molecule has 0 radical (unpaired) electrons. The van der Waals surface area contributed by atoms with Crippen molar-refractivity contribution in [3.63, 3.8) is 0 Å². The van der Waals surface area contributed by atoms with Crippen LogP contribution in [0, 0.1) is 12.7 Å². The molecule has 0 spiro atoms. The molecular weight excluding hydrogens is 321 g/mol. The molecule has 0 fully saturated rings. The van der Waals surface area contributed by atoms with Crippen LogP contribution in [-0.4, -0.2) is 32.1 Å². The highest BCUT2D eigenvalue weighted by Gasteiger charge is 2.09. The molecule has 1 unspecified atom stereocenters. The monoisotopic (exact) mass is 351 g/mol. The van der Waals surface area contributed by atoms with Crippen LogP contribution < -0.4 is 10.6 Å². The Bertz CT molecular complexity index is 576. The van der Waals surface area contributed by atoms with Gasteiger partial charge in [-0.25, -0.2) is 4.39 Å². The third-order valence-corrected chi connectivity index (χ3v) is 3.93. The van der Waals surface area contributed by atoms with Crippen molar-refractivity contribution in [1.82, 2.24) is 10.6 Å². The molecule has 0 saturated heterocycles. The lowest BCUT2D eigenvalue weighted by Crippen LogP contribution is -2.38. The van der Waals surface area contributed by atoms with Crippen LogP contribution in [-0.2, 0) is 9.53 Å². The summed E-state index contributed by atoms with van der Waals surface area (Å²) in [6.45, 7) is 7.16. The minimum Gasteiger partial charge on any atom is -0.469 e. The zero-order chi connectivity index (χ0) is 18.7. The normalized spacial score (nSPS) is 12.6. The highest BCUT2D eigenvalue weighted by atomic mass is 19.1. The number of nitrogens with one attached hydrogen (secondary N) is 2. The molecule has 1 aromatic carbocycles. The van der Waals surface area contributed by atoms with Gasteiger partial charge in [-0.1, -0.05) is 18.6 Å². The second kappa shape index (κ2) is 11.4. The number of hydrogen-bond acceptors (Lipinski definition) is 3. The van der Waals surface area contributed by atoms with E-state index in [1.807, 2.05) is 19.9 Å². The molecule has 0 heterocycles. The number of ether oxygens (including phenoxy) is 1. The van der Waals surface area contributed by atoms with Gasteiger partial charge in [-0.05, 0) is 50.8 Å². The van der Waals surface area contributed by atoms with Gasteiger partial charge in [0.25, 0.3) is 0 Å². The molecule has 1 rings (SSSR count). The molecule has 0 aliphatic heterocycles. The van der Waals surface area contributed by atoms with E-state index in [1.165, 1.54) is 7.11 Å². The molecular formula is C19H30FN3O2. The molecule has 25 heavy (non-hydrogen) atoms.